The minimum atomic E-state index is -0.478. The van der Waals surface area contributed by atoms with Gasteiger partial charge in [0, 0.05) is 18.6 Å². The molecule has 120 valence electrons. The predicted octanol–water partition coefficient (Wildman–Crippen LogP) is 2.14. The van der Waals surface area contributed by atoms with Crippen LogP contribution < -0.4 is 10.6 Å². The molecule has 0 aromatic heterocycles. The summed E-state index contributed by atoms with van der Waals surface area (Å²) in [6, 6.07) is 0. The largest absolute Gasteiger partial charge is 0.444 e. The van der Waals surface area contributed by atoms with Crippen molar-refractivity contribution in [3.63, 3.8) is 0 Å². The topological polar surface area (TPSA) is 70.6 Å². The average molecular weight is 288 g/mol. The minimum Gasteiger partial charge on any atom is -0.444 e. The first kappa shape index (κ1) is 19.2. The summed E-state index contributed by atoms with van der Waals surface area (Å²) in [4.78, 5) is 11.6. The molecule has 0 aromatic rings. The van der Waals surface area contributed by atoms with Crippen LogP contribution in [0, 0.1) is 11.8 Å². The van der Waals surface area contributed by atoms with Gasteiger partial charge in [0.05, 0.1) is 6.61 Å². The summed E-state index contributed by atoms with van der Waals surface area (Å²) in [5.74, 6) is 0.709. The molecule has 0 aliphatic heterocycles. The number of hydrogen-bond acceptors (Lipinski definition) is 4. The van der Waals surface area contributed by atoms with Gasteiger partial charge in [-0.1, -0.05) is 13.8 Å². The molecule has 0 aliphatic rings. The van der Waals surface area contributed by atoms with E-state index in [4.69, 9.17) is 4.74 Å². The number of alkyl carbamates (subject to hydrolysis) is 1. The SMILES string of the molecule is CC(C)C(CNC(=O)OC(C)(C)C)CNC(C)(C)CO. The third-order valence-electron chi connectivity index (χ3n) is 3.09. The number of aliphatic hydroxyl groups excluding tert-OH is 1. The quantitative estimate of drug-likeness (QED) is 0.671. The van der Waals surface area contributed by atoms with Gasteiger partial charge in [0.2, 0.25) is 0 Å². The minimum absolute atomic E-state index is 0.0807. The van der Waals surface area contributed by atoms with Crippen LogP contribution in [0.25, 0.3) is 0 Å². The fraction of sp³-hybridized carbons (Fsp3) is 0.933. The highest BCUT2D eigenvalue weighted by molar-refractivity contribution is 5.67. The van der Waals surface area contributed by atoms with E-state index in [1.54, 1.807) is 0 Å². The van der Waals surface area contributed by atoms with Crippen LogP contribution in [0.1, 0.15) is 48.5 Å². The van der Waals surface area contributed by atoms with E-state index in [1.807, 2.05) is 34.6 Å². The van der Waals surface area contributed by atoms with Crippen LogP contribution in [0.2, 0.25) is 0 Å². The molecule has 3 N–H and O–H groups in total. The van der Waals surface area contributed by atoms with Gasteiger partial charge in [-0.05, 0) is 46.5 Å². The number of nitrogens with one attached hydrogen (secondary N) is 2. The molecular weight excluding hydrogens is 256 g/mol. The summed E-state index contributed by atoms with van der Waals surface area (Å²) in [5.41, 5.74) is -0.784. The predicted molar refractivity (Wildman–Crippen MR) is 81.7 cm³/mol. The number of hydrogen-bond donors (Lipinski definition) is 3. The Kier molecular flexibility index (Phi) is 7.52. The Balaban J connectivity index is 4.26. The molecule has 1 unspecified atom stereocenters. The smallest absolute Gasteiger partial charge is 0.407 e. The second kappa shape index (κ2) is 7.84. The first-order valence-corrected chi connectivity index (χ1v) is 7.29. The molecule has 5 nitrogen and oxygen atoms in total. The van der Waals surface area contributed by atoms with E-state index in [-0.39, 0.29) is 24.2 Å². The number of carbonyl (C=O) groups excluding carboxylic acids is 1. The summed E-state index contributed by atoms with van der Waals surface area (Å²) < 4.78 is 5.22. The summed E-state index contributed by atoms with van der Waals surface area (Å²) in [6.45, 7) is 15.1. The van der Waals surface area contributed by atoms with Gasteiger partial charge in [0.1, 0.15) is 5.60 Å². The molecule has 1 atom stereocenters. The van der Waals surface area contributed by atoms with Gasteiger partial charge in [-0.25, -0.2) is 4.79 Å². The van der Waals surface area contributed by atoms with Crippen LogP contribution in [0.3, 0.4) is 0 Å². The number of amides is 1. The van der Waals surface area contributed by atoms with E-state index >= 15 is 0 Å². The Bertz CT molecular complexity index is 296. The average Bonchev–Trinajstić information content (AvgIpc) is 2.25. The number of rotatable bonds is 7. The lowest BCUT2D eigenvalue weighted by molar-refractivity contribution is 0.0513. The Hall–Kier alpha value is -0.810. The Labute approximate surface area is 123 Å². The lowest BCUT2D eigenvalue weighted by Gasteiger charge is -2.29. The van der Waals surface area contributed by atoms with Crippen molar-refractivity contribution >= 4 is 6.09 Å². The Morgan fingerprint density at radius 2 is 1.70 bits per heavy atom. The third-order valence-corrected chi connectivity index (χ3v) is 3.09. The molecular formula is C15H32N2O3. The normalized spacial score (nSPS) is 14.2. The molecule has 0 saturated heterocycles. The highest BCUT2D eigenvalue weighted by Crippen LogP contribution is 2.12. The molecule has 0 bridgehead atoms. The second-order valence-electron chi connectivity index (χ2n) is 7.31. The van der Waals surface area contributed by atoms with E-state index in [1.165, 1.54) is 0 Å². The maximum atomic E-state index is 11.6. The molecule has 0 radical (unpaired) electrons. The van der Waals surface area contributed by atoms with Crippen LogP contribution >= 0.6 is 0 Å². The van der Waals surface area contributed by atoms with Crippen molar-refractivity contribution in [2.75, 3.05) is 19.7 Å². The standard InChI is InChI=1S/C15H32N2O3/c1-11(2)12(9-17-15(6,7)10-18)8-16-13(19)20-14(3,4)5/h11-12,17-18H,8-10H2,1-7H3,(H,16,19). The van der Waals surface area contributed by atoms with Crippen molar-refractivity contribution in [3.8, 4) is 0 Å². The van der Waals surface area contributed by atoms with Gasteiger partial charge >= 0.3 is 6.09 Å². The van der Waals surface area contributed by atoms with Crippen molar-refractivity contribution < 1.29 is 14.6 Å². The van der Waals surface area contributed by atoms with Crippen LogP contribution in [0.4, 0.5) is 4.79 Å². The van der Waals surface area contributed by atoms with Gasteiger partial charge in [0.25, 0.3) is 0 Å². The van der Waals surface area contributed by atoms with Crippen molar-refractivity contribution in [1.82, 2.24) is 10.6 Å². The second-order valence-corrected chi connectivity index (χ2v) is 7.31. The van der Waals surface area contributed by atoms with E-state index < -0.39 is 5.60 Å². The lowest BCUT2D eigenvalue weighted by atomic mass is 9.94. The van der Waals surface area contributed by atoms with Gasteiger partial charge < -0.3 is 20.5 Å². The van der Waals surface area contributed by atoms with Crippen LogP contribution in [0.15, 0.2) is 0 Å². The summed E-state index contributed by atoms with van der Waals surface area (Å²) in [7, 11) is 0. The van der Waals surface area contributed by atoms with Gasteiger partial charge in [-0.3, -0.25) is 0 Å². The number of ether oxygens (including phenoxy) is 1. The van der Waals surface area contributed by atoms with Crippen molar-refractivity contribution in [2.45, 2.75) is 59.6 Å². The molecule has 5 heteroatoms. The molecule has 0 fully saturated rings. The first-order valence-electron chi connectivity index (χ1n) is 7.29. The maximum Gasteiger partial charge on any atom is 0.407 e. The maximum absolute atomic E-state index is 11.6. The molecule has 0 aromatic carbocycles. The van der Waals surface area contributed by atoms with Gasteiger partial charge in [-0.2, -0.15) is 0 Å². The summed E-state index contributed by atoms with van der Waals surface area (Å²) in [6.07, 6.45) is -0.385. The summed E-state index contributed by atoms with van der Waals surface area (Å²) >= 11 is 0. The zero-order valence-corrected chi connectivity index (χ0v) is 14.0. The number of aliphatic hydroxyl groups is 1. The lowest BCUT2D eigenvalue weighted by Crippen LogP contribution is -2.47. The highest BCUT2D eigenvalue weighted by Gasteiger charge is 2.22. The highest BCUT2D eigenvalue weighted by atomic mass is 16.6. The van der Waals surface area contributed by atoms with Crippen molar-refractivity contribution in [2.24, 2.45) is 11.8 Å². The zero-order chi connectivity index (χ0) is 16.0. The van der Waals surface area contributed by atoms with E-state index in [2.05, 4.69) is 24.5 Å². The Morgan fingerprint density at radius 3 is 2.10 bits per heavy atom. The third kappa shape index (κ3) is 9.15. The molecule has 0 spiro atoms. The van der Waals surface area contributed by atoms with Crippen LogP contribution in [-0.2, 0) is 4.74 Å². The molecule has 20 heavy (non-hydrogen) atoms. The van der Waals surface area contributed by atoms with E-state index in [9.17, 15) is 9.90 Å². The van der Waals surface area contributed by atoms with E-state index in [0.29, 0.717) is 12.5 Å². The fourth-order valence-corrected chi connectivity index (χ4v) is 1.54. The molecule has 1 amide bonds. The fourth-order valence-electron chi connectivity index (χ4n) is 1.54. The van der Waals surface area contributed by atoms with Crippen molar-refractivity contribution in [3.05, 3.63) is 0 Å². The van der Waals surface area contributed by atoms with E-state index in [0.717, 1.165) is 6.54 Å². The first-order chi connectivity index (χ1) is 8.97. The molecule has 0 rings (SSSR count). The summed E-state index contributed by atoms with van der Waals surface area (Å²) in [5, 5.41) is 15.4. The molecule has 0 aliphatic carbocycles. The zero-order valence-electron chi connectivity index (χ0n) is 14.0. The number of carbonyl (C=O) groups is 1. The monoisotopic (exact) mass is 288 g/mol. The van der Waals surface area contributed by atoms with Gasteiger partial charge in [-0.15, -0.1) is 0 Å². The van der Waals surface area contributed by atoms with Crippen molar-refractivity contribution in [1.29, 1.82) is 0 Å². The Morgan fingerprint density at radius 1 is 1.15 bits per heavy atom. The molecule has 0 heterocycles. The molecule has 0 saturated carbocycles. The van der Waals surface area contributed by atoms with Gasteiger partial charge in [0.15, 0.2) is 0 Å². The van der Waals surface area contributed by atoms with Crippen LogP contribution in [-0.4, -0.2) is 42.0 Å². The van der Waals surface area contributed by atoms with Crippen LogP contribution in [0.5, 0.6) is 0 Å².